The molecule has 198 valence electrons. The van der Waals surface area contributed by atoms with Crippen LogP contribution >= 0.6 is 0 Å². The van der Waals surface area contributed by atoms with Gasteiger partial charge in [-0.05, 0) is 73.3 Å². The zero-order chi connectivity index (χ0) is 26.7. The first kappa shape index (κ1) is 27.2. The van der Waals surface area contributed by atoms with E-state index < -0.39 is 0 Å². The number of carbonyl (C=O) groups excluding carboxylic acids is 1. The molecule has 0 aromatic heterocycles. The largest absolute Gasteiger partial charge is 0.493 e. The van der Waals surface area contributed by atoms with Gasteiger partial charge < -0.3 is 24.4 Å². The van der Waals surface area contributed by atoms with Crippen molar-refractivity contribution in [1.82, 2.24) is 5.32 Å². The van der Waals surface area contributed by atoms with Crippen molar-refractivity contribution in [2.75, 3.05) is 52.0 Å². The molecule has 0 bridgehead atoms. The van der Waals surface area contributed by atoms with Crippen molar-refractivity contribution in [2.45, 2.75) is 12.8 Å². The molecule has 0 radical (unpaired) electrons. The number of hydrogen-bond acceptors (Lipinski definition) is 6. The normalized spacial score (nSPS) is 16.6. The maximum absolute atomic E-state index is 14.0. The first-order chi connectivity index (χ1) is 18.6. The summed E-state index contributed by atoms with van der Waals surface area (Å²) in [6.07, 6.45) is 1.67. The van der Waals surface area contributed by atoms with Gasteiger partial charge in [-0.2, -0.15) is 5.26 Å². The number of amides is 1. The van der Waals surface area contributed by atoms with Gasteiger partial charge in [0.2, 0.25) is 0 Å². The van der Waals surface area contributed by atoms with Crippen molar-refractivity contribution in [3.8, 4) is 17.6 Å². The molecule has 1 N–H and O–H groups in total. The highest BCUT2D eigenvalue weighted by atomic mass is 16.5. The summed E-state index contributed by atoms with van der Waals surface area (Å²) in [7, 11) is 3.23. The van der Waals surface area contributed by atoms with E-state index in [1.807, 2.05) is 18.2 Å². The topological polar surface area (TPSA) is 83.8 Å². The predicted molar refractivity (Wildman–Crippen MR) is 148 cm³/mol. The van der Waals surface area contributed by atoms with Crippen molar-refractivity contribution >= 4 is 11.6 Å². The Morgan fingerprint density at radius 3 is 2.55 bits per heavy atom. The minimum Gasteiger partial charge on any atom is -0.493 e. The van der Waals surface area contributed by atoms with Crippen molar-refractivity contribution in [1.29, 1.82) is 5.26 Å². The first-order valence-electron chi connectivity index (χ1n) is 13.0. The number of rotatable bonds is 12. The van der Waals surface area contributed by atoms with Gasteiger partial charge in [0.25, 0.3) is 5.91 Å². The number of ether oxygens (including phenoxy) is 3. The second-order valence-corrected chi connectivity index (χ2v) is 9.51. The first-order valence-corrected chi connectivity index (χ1v) is 13.0. The summed E-state index contributed by atoms with van der Waals surface area (Å²) < 4.78 is 16.5. The molecule has 38 heavy (non-hydrogen) atoms. The van der Waals surface area contributed by atoms with E-state index in [-0.39, 0.29) is 11.8 Å². The molecular formula is C31H35N3O4. The minimum atomic E-state index is -0.144. The molecule has 0 unspecified atom stereocenters. The van der Waals surface area contributed by atoms with Gasteiger partial charge in [-0.3, -0.25) is 4.79 Å². The Kier molecular flexibility index (Phi) is 9.74. The van der Waals surface area contributed by atoms with Crippen LogP contribution in [0.15, 0.2) is 72.8 Å². The summed E-state index contributed by atoms with van der Waals surface area (Å²) in [5, 5.41) is 13.0. The Balaban J connectivity index is 1.61. The van der Waals surface area contributed by atoms with E-state index >= 15 is 0 Å². The SMILES string of the molecule is COCCCOc1cc(C(=O)N(C[C@H]2CNC[C@@H]2Cc2ccccc2)c2cccc(C#N)c2)ccc1OC. The lowest BCUT2D eigenvalue weighted by molar-refractivity contribution is 0.0980. The third-order valence-electron chi connectivity index (χ3n) is 6.93. The second kappa shape index (κ2) is 13.6. The summed E-state index contributed by atoms with van der Waals surface area (Å²) in [6.45, 7) is 3.31. The summed E-state index contributed by atoms with van der Waals surface area (Å²) in [5.41, 5.74) is 3.02. The standard InChI is InChI=1S/C31H35N3O4/c1-36-14-7-15-38-30-18-25(12-13-29(30)37-2)31(35)34(28-11-6-10-24(17-28)19-32)22-27-21-33-20-26(27)16-23-8-4-3-5-9-23/h3-6,8-13,17-18,26-27,33H,7,14-16,20-22H2,1-2H3/t26-,27+/m0/s1. The molecule has 0 aliphatic carbocycles. The minimum absolute atomic E-state index is 0.144. The molecule has 0 saturated carbocycles. The van der Waals surface area contributed by atoms with Gasteiger partial charge in [-0.25, -0.2) is 0 Å². The summed E-state index contributed by atoms with van der Waals surface area (Å²) in [6, 6.07) is 25.2. The lowest BCUT2D eigenvalue weighted by Crippen LogP contribution is -2.38. The van der Waals surface area contributed by atoms with E-state index in [2.05, 4.69) is 35.7 Å². The molecule has 0 spiro atoms. The van der Waals surface area contributed by atoms with Crippen LogP contribution < -0.4 is 19.7 Å². The Bertz CT molecular complexity index is 1240. The van der Waals surface area contributed by atoms with Crippen LogP contribution in [0.3, 0.4) is 0 Å². The van der Waals surface area contributed by atoms with E-state index in [4.69, 9.17) is 14.2 Å². The van der Waals surface area contributed by atoms with Gasteiger partial charge in [0.05, 0.1) is 25.3 Å². The van der Waals surface area contributed by atoms with Crippen LogP contribution in [0.2, 0.25) is 0 Å². The molecule has 7 nitrogen and oxygen atoms in total. The van der Waals surface area contributed by atoms with Crippen molar-refractivity contribution in [2.24, 2.45) is 11.8 Å². The quantitative estimate of drug-likeness (QED) is 0.353. The highest BCUT2D eigenvalue weighted by Crippen LogP contribution is 2.31. The number of nitrogens with zero attached hydrogens (tertiary/aromatic N) is 2. The van der Waals surface area contributed by atoms with Gasteiger partial charge in [0.1, 0.15) is 0 Å². The molecule has 1 aliphatic rings. The monoisotopic (exact) mass is 513 g/mol. The van der Waals surface area contributed by atoms with Gasteiger partial charge in [0.15, 0.2) is 11.5 Å². The number of methoxy groups -OCH3 is 2. The molecule has 1 saturated heterocycles. The van der Waals surface area contributed by atoms with Gasteiger partial charge >= 0.3 is 0 Å². The third kappa shape index (κ3) is 6.91. The zero-order valence-electron chi connectivity index (χ0n) is 22.1. The number of nitrogens with one attached hydrogen (secondary N) is 1. The van der Waals surface area contributed by atoms with Crippen molar-refractivity contribution in [3.05, 3.63) is 89.5 Å². The van der Waals surface area contributed by atoms with Crippen LogP contribution in [0.4, 0.5) is 5.69 Å². The van der Waals surface area contributed by atoms with Crippen molar-refractivity contribution in [3.63, 3.8) is 0 Å². The molecular weight excluding hydrogens is 478 g/mol. The predicted octanol–water partition coefficient (Wildman–Crippen LogP) is 4.71. The van der Waals surface area contributed by atoms with E-state index in [1.165, 1.54) is 5.56 Å². The van der Waals surface area contributed by atoms with Gasteiger partial charge in [0, 0.05) is 37.9 Å². The average Bonchev–Trinajstić information content (AvgIpc) is 3.40. The van der Waals surface area contributed by atoms with Gasteiger partial charge in [-0.1, -0.05) is 36.4 Å². The van der Waals surface area contributed by atoms with Crippen LogP contribution in [-0.2, 0) is 11.2 Å². The molecule has 7 heteroatoms. The van der Waals surface area contributed by atoms with Crippen molar-refractivity contribution < 1.29 is 19.0 Å². The smallest absolute Gasteiger partial charge is 0.258 e. The van der Waals surface area contributed by atoms with E-state index in [0.717, 1.165) is 25.9 Å². The van der Waals surface area contributed by atoms with Crippen LogP contribution in [0.5, 0.6) is 11.5 Å². The van der Waals surface area contributed by atoms with E-state index in [0.29, 0.717) is 54.0 Å². The molecule has 1 aliphatic heterocycles. The second-order valence-electron chi connectivity index (χ2n) is 9.51. The average molecular weight is 514 g/mol. The maximum Gasteiger partial charge on any atom is 0.258 e. The fourth-order valence-electron chi connectivity index (χ4n) is 4.90. The summed E-state index contributed by atoms with van der Waals surface area (Å²) >= 11 is 0. The lowest BCUT2D eigenvalue weighted by Gasteiger charge is -2.29. The lowest BCUT2D eigenvalue weighted by atomic mass is 9.89. The molecule has 1 amide bonds. The highest BCUT2D eigenvalue weighted by molar-refractivity contribution is 6.06. The molecule has 1 fully saturated rings. The maximum atomic E-state index is 14.0. The van der Waals surface area contributed by atoms with Gasteiger partial charge in [-0.15, -0.1) is 0 Å². The van der Waals surface area contributed by atoms with Crippen LogP contribution in [0, 0.1) is 23.2 Å². The molecule has 2 atom stereocenters. The fourth-order valence-corrected chi connectivity index (χ4v) is 4.90. The Morgan fingerprint density at radius 1 is 0.974 bits per heavy atom. The number of benzene rings is 3. The third-order valence-corrected chi connectivity index (χ3v) is 6.93. The molecule has 3 aromatic rings. The number of carbonyl (C=O) groups is 1. The fraction of sp³-hybridized carbons (Fsp3) is 0.355. The summed E-state index contributed by atoms with van der Waals surface area (Å²) in [4.78, 5) is 15.8. The Morgan fingerprint density at radius 2 is 1.79 bits per heavy atom. The Hall–Kier alpha value is -3.86. The summed E-state index contributed by atoms with van der Waals surface area (Å²) in [5.74, 6) is 1.59. The zero-order valence-corrected chi connectivity index (χ0v) is 22.1. The molecule has 3 aromatic carbocycles. The molecule has 4 rings (SSSR count). The number of nitriles is 1. The van der Waals surface area contributed by atoms with E-state index in [9.17, 15) is 10.1 Å². The van der Waals surface area contributed by atoms with Crippen LogP contribution in [0.25, 0.3) is 0 Å². The van der Waals surface area contributed by atoms with Crippen LogP contribution in [-0.4, -0.2) is 53.0 Å². The molecule has 1 heterocycles. The van der Waals surface area contributed by atoms with E-state index in [1.54, 1.807) is 49.5 Å². The number of anilines is 1. The number of hydrogen-bond donors (Lipinski definition) is 1. The van der Waals surface area contributed by atoms with Crippen LogP contribution in [0.1, 0.15) is 27.9 Å². The Labute approximate surface area is 224 Å². The highest BCUT2D eigenvalue weighted by Gasteiger charge is 2.31.